The molecule has 1 aliphatic rings. The van der Waals surface area contributed by atoms with Gasteiger partial charge in [0.25, 0.3) is 5.56 Å². The van der Waals surface area contributed by atoms with Crippen LogP contribution in [0.15, 0.2) is 28.4 Å². The summed E-state index contributed by atoms with van der Waals surface area (Å²) in [7, 11) is 1.68. The molecule has 0 aliphatic carbocycles. The fraction of sp³-hybridized carbons (Fsp3) is 0.526. The summed E-state index contributed by atoms with van der Waals surface area (Å²) in [6.07, 6.45) is 7.33. The second-order valence-corrected chi connectivity index (χ2v) is 7.32. The van der Waals surface area contributed by atoms with Crippen LogP contribution in [0, 0.1) is 6.92 Å². The first-order valence-corrected chi connectivity index (χ1v) is 9.54. The highest BCUT2D eigenvalue weighted by Crippen LogP contribution is 2.16. The predicted octanol–water partition coefficient (Wildman–Crippen LogP) is 1.13. The number of nitrogens with zero attached hydrogens (tertiary/aromatic N) is 6. The highest BCUT2D eigenvalue weighted by molar-refractivity contribution is 5.75. The van der Waals surface area contributed by atoms with E-state index in [0.717, 1.165) is 25.3 Å². The standard InChI is InChI=1S/C19H26N6O2/c1-4-8-23-14(2)13-25-15-16(20-18(23)25)21(3)19(27)24(17(15)26)12-11-22-9-6-5-7-10-22/h4,13H,1,5-12H2,2-3H3. The van der Waals surface area contributed by atoms with Crippen LogP contribution < -0.4 is 11.2 Å². The first-order valence-electron chi connectivity index (χ1n) is 9.54. The lowest BCUT2D eigenvalue weighted by atomic mass is 10.1. The maximum absolute atomic E-state index is 13.2. The number of aromatic nitrogens is 5. The van der Waals surface area contributed by atoms with Crippen molar-refractivity contribution in [2.24, 2.45) is 7.05 Å². The summed E-state index contributed by atoms with van der Waals surface area (Å²) < 4.78 is 6.61. The van der Waals surface area contributed by atoms with E-state index in [2.05, 4.69) is 16.5 Å². The minimum absolute atomic E-state index is 0.270. The number of piperidine rings is 1. The van der Waals surface area contributed by atoms with Gasteiger partial charge in [0, 0.05) is 38.6 Å². The number of allylic oxidation sites excluding steroid dienone is 1. The molecular formula is C19H26N6O2. The van der Waals surface area contributed by atoms with Crippen molar-refractivity contribution in [3.05, 3.63) is 45.4 Å². The van der Waals surface area contributed by atoms with Crippen LogP contribution in [-0.2, 0) is 20.1 Å². The van der Waals surface area contributed by atoms with Crippen LogP contribution in [0.5, 0.6) is 0 Å². The van der Waals surface area contributed by atoms with E-state index in [1.165, 1.54) is 28.4 Å². The van der Waals surface area contributed by atoms with Gasteiger partial charge in [-0.2, -0.15) is 4.98 Å². The number of hydrogen-bond acceptors (Lipinski definition) is 4. The molecule has 1 fully saturated rings. The molecule has 4 heterocycles. The average Bonchev–Trinajstić information content (AvgIpc) is 3.17. The summed E-state index contributed by atoms with van der Waals surface area (Å²) in [5, 5.41) is 0. The van der Waals surface area contributed by atoms with Crippen molar-refractivity contribution in [3.63, 3.8) is 0 Å². The van der Waals surface area contributed by atoms with Crippen molar-refractivity contribution in [1.82, 2.24) is 28.0 Å². The second kappa shape index (κ2) is 6.84. The summed E-state index contributed by atoms with van der Waals surface area (Å²) in [6, 6.07) is 0. The monoisotopic (exact) mass is 370 g/mol. The van der Waals surface area contributed by atoms with Gasteiger partial charge in [0.2, 0.25) is 5.78 Å². The third-order valence-corrected chi connectivity index (χ3v) is 5.54. The average molecular weight is 370 g/mol. The lowest BCUT2D eigenvalue weighted by Gasteiger charge is -2.26. The van der Waals surface area contributed by atoms with Crippen molar-refractivity contribution in [1.29, 1.82) is 0 Å². The van der Waals surface area contributed by atoms with Gasteiger partial charge < -0.3 is 9.47 Å². The first-order chi connectivity index (χ1) is 13.0. The zero-order valence-corrected chi connectivity index (χ0v) is 16.0. The Morgan fingerprint density at radius 3 is 2.59 bits per heavy atom. The first kappa shape index (κ1) is 17.8. The van der Waals surface area contributed by atoms with Gasteiger partial charge in [0.1, 0.15) is 0 Å². The minimum atomic E-state index is -0.308. The van der Waals surface area contributed by atoms with Crippen LogP contribution >= 0.6 is 0 Å². The van der Waals surface area contributed by atoms with E-state index in [1.807, 2.05) is 17.7 Å². The molecule has 1 aliphatic heterocycles. The molecule has 0 amide bonds. The van der Waals surface area contributed by atoms with Crippen LogP contribution in [0.3, 0.4) is 0 Å². The number of rotatable bonds is 5. The SMILES string of the molecule is C=CCn1c(C)cn2c3c(=O)n(CCN4CCCCC4)c(=O)n(C)c3nc12. The predicted molar refractivity (Wildman–Crippen MR) is 105 cm³/mol. The highest BCUT2D eigenvalue weighted by atomic mass is 16.2. The van der Waals surface area contributed by atoms with E-state index < -0.39 is 0 Å². The molecule has 8 nitrogen and oxygen atoms in total. The number of fused-ring (bicyclic) bond motifs is 3. The van der Waals surface area contributed by atoms with Gasteiger partial charge in [-0.1, -0.05) is 12.5 Å². The number of likely N-dealkylation sites (tertiary alicyclic amines) is 1. The molecule has 0 saturated carbocycles. The molecule has 8 heteroatoms. The van der Waals surface area contributed by atoms with E-state index >= 15 is 0 Å². The molecule has 0 bridgehead atoms. The van der Waals surface area contributed by atoms with E-state index in [0.29, 0.717) is 30.0 Å². The zero-order chi connectivity index (χ0) is 19.1. The van der Waals surface area contributed by atoms with Crippen LogP contribution in [0.2, 0.25) is 0 Å². The Morgan fingerprint density at radius 1 is 1.15 bits per heavy atom. The van der Waals surface area contributed by atoms with Crippen molar-refractivity contribution >= 4 is 16.9 Å². The molecule has 0 atom stereocenters. The fourth-order valence-electron chi connectivity index (χ4n) is 4.03. The molecule has 1 saturated heterocycles. The quantitative estimate of drug-likeness (QED) is 0.632. The Labute approximate surface area is 156 Å². The van der Waals surface area contributed by atoms with Gasteiger partial charge in [0.15, 0.2) is 11.2 Å². The molecule has 27 heavy (non-hydrogen) atoms. The van der Waals surface area contributed by atoms with Gasteiger partial charge in [-0.05, 0) is 32.9 Å². The lowest BCUT2D eigenvalue weighted by molar-refractivity contribution is 0.218. The molecule has 0 radical (unpaired) electrons. The summed E-state index contributed by atoms with van der Waals surface area (Å²) in [4.78, 5) is 32.9. The van der Waals surface area contributed by atoms with Crippen LogP contribution in [0.4, 0.5) is 0 Å². The van der Waals surface area contributed by atoms with Crippen LogP contribution in [-0.4, -0.2) is 47.6 Å². The Morgan fingerprint density at radius 2 is 1.89 bits per heavy atom. The van der Waals surface area contributed by atoms with Crippen LogP contribution in [0.1, 0.15) is 25.0 Å². The minimum Gasteiger partial charge on any atom is -0.310 e. The Hall–Kier alpha value is -2.61. The normalized spacial score (nSPS) is 15.8. The van der Waals surface area contributed by atoms with Crippen molar-refractivity contribution in [3.8, 4) is 0 Å². The molecule has 4 rings (SSSR count). The largest absolute Gasteiger partial charge is 0.332 e. The third kappa shape index (κ3) is 2.84. The van der Waals surface area contributed by atoms with E-state index in [1.54, 1.807) is 17.5 Å². The summed E-state index contributed by atoms with van der Waals surface area (Å²) in [5.74, 6) is 0.656. The molecule has 0 aromatic carbocycles. The smallest absolute Gasteiger partial charge is 0.310 e. The number of hydrogen-bond donors (Lipinski definition) is 0. The van der Waals surface area contributed by atoms with E-state index in [9.17, 15) is 9.59 Å². The molecular weight excluding hydrogens is 344 g/mol. The van der Waals surface area contributed by atoms with Crippen molar-refractivity contribution in [2.45, 2.75) is 39.3 Å². The Balaban J connectivity index is 1.84. The second-order valence-electron chi connectivity index (χ2n) is 7.32. The maximum Gasteiger partial charge on any atom is 0.332 e. The molecule has 0 spiro atoms. The molecule has 3 aromatic rings. The lowest BCUT2D eigenvalue weighted by Crippen LogP contribution is -2.43. The maximum atomic E-state index is 13.2. The zero-order valence-electron chi connectivity index (χ0n) is 16.0. The van der Waals surface area contributed by atoms with Gasteiger partial charge in [-0.15, -0.1) is 6.58 Å². The van der Waals surface area contributed by atoms with E-state index in [-0.39, 0.29) is 11.2 Å². The Bertz CT molecular complexity index is 1120. The van der Waals surface area contributed by atoms with Gasteiger partial charge in [0.05, 0.1) is 0 Å². The molecule has 3 aromatic heterocycles. The number of imidazole rings is 2. The highest BCUT2D eigenvalue weighted by Gasteiger charge is 2.20. The van der Waals surface area contributed by atoms with Crippen molar-refractivity contribution in [2.75, 3.05) is 19.6 Å². The number of aryl methyl sites for hydroxylation is 2. The molecule has 144 valence electrons. The van der Waals surface area contributed by atoms with E-state index in [4.69, 9.17) is 0 Å². The van der Waals surface area contributed by atoms with Crippen LogP contribution in [0.25, 0.3) is 16.9 Å². The summed E-state index contributed by atoms with van der Waals surface area (Å²) in [5.41, 5.74) is 1.29. The summed E-state index contributed by atoms with van der Waals surface area (Å²) in [6.45, 7) is 9.56. The van der Waals surface area contributed by atoms with Gasteiger partial charge >= 0.3 is 5.69 Å². The third-order valence-electron chi connectivity index (χ3n) is 5.54. The molecule has 0 unspecified atom stereocenters. The summed E-state index contributed by atoms with van der Waals surface area (Å²) >= 11 is 0. The fourth-order valence-corrected chi connectivity index (χ4v) is 4.03. The Kier molecular flexibility index (Phi) is 4.51. The topological polar surface area (TPSA) is 69.5 Å². The molecule has 0 N–H and O–H groups in total. The van der Waals surface area contributed by atoms with Gasteiger partial charge in [-0.3, -0.25) is 18.3 Å². The van der Waals surface area contributed by atoms with Gasteiger partial charge in [-0.25, -0.2) is 4.79 Å². The van der Waals surface area contributed by atoms with Crippen molar-refractivity contribution < 1.29 is 0 Å².